The van der Waals surface area contributed by atoms with E-state index in [2.05, 4.69) is 23.0 Å². The van der Waals surface area contributed by atoms with Crippen LogP contribution in [-0.4, -0.2) is 20.3 Å². The number of rotatable bonds is 7. The minimum absolute atomic E-state index is 0.378. The molecule has 5 heteroatoms. The maximum absolute atomic E-state index is 11.5. The van der Waals surface area contributed by atoms with E-state index < -0.39 is 5.60 Å². The largest absolute Gasteiger partial charge is 0.383 e. The third-order valence-electron chi connectivity index (χ3n) is 4.39. The molecule has 0 saturated carbocycles. The van der Waals surface area contributed by atoms with Crippen LogP contribution >= 0.6 is 11.3 Å². The highest BCUT2D eigenvalue weighted by Gasteiger charge is 2.36. The van der Waals surface area contributed by atoms with Gasteiger partial charge >= 0.3 is 0 Å². The Labute approximate surface area is 151 Å². The van der Waals surface area contributed by atoms with Crippen LogP contribution in [0, 0.1) is 11.3 Å². The van der Waals surface area contributed by atoms with Gasteiger partial charge in [0.2, 0.25) is 0 Å². The predicted molar refractivity (Wildman–Crippen MR) is 99.3 cm³/mol. The van der Waals surface area contributed by atoms with Gasteiger partial charge in [0, 0.05) is 6.42 Å². The molecule has 0 aliphatic heterocycles. The van der Waals surface area contributed by atoms with Gasteiger partial charge in [-0.15, -0.1) is 6.58 Å². The predicted octanol–water partition coefficient (Wildman–Crippen LogP) is 3.76. The third kappa shape index (κ3) is 3.71. The van der Waals surface area contributed by atoms with E-state index in [1.165, 1.54) is 6.20 Å². The van der Waals surface area contributed by atoms with Gasteiger partial charge in [0.15, 0.2) is 0 Å². The number of imidazole rings is 1. The van der Waals surface area contributed by atoms with Crippen LogP contribution in [0.1, 0.15) is 22.9 Å². The number of nitrogens with zero attached hydrogens (tertiary/aromatic N) is 3. The van der Waals surface area contributed by atoms with Crippen molar-refractivity contribution in [1.29, 1.82) is 5.26 Å². The maximum Gasteiger partial charge on any atom is 0.140 e. The van der Waals surface area contributed by atoms with E-state index in [-0.39, 0.29) is 6.04 Å². The topological polar surface area (TPSA) is 61.8 Å². The molecule has 126 valence electrons. The van der Waals surface area contributed by atoms with Gasteiger partial charge in [-0.3, -0.25) is 0 Å². The Kier molecular flexibility index (Phi) is 5.13. The lowest BCUT2D eigenvalue weighted by Crippen LogP contribution is -2.41. The van der Waals surface area contributed by atoms with Crippen molar-refractivity contribution in [3.05, 3.63) is 89.2 Å². The molecule has 0 spiro atoms. The molecule has 4 nitrogen and oxygen atoms in total. The number of hydrogen-bond acceptors (Lipinski definition) is 4. The lowest BCUT2D eigenvalue weighted by atomic mass is 9.84. The Hall–Kier alpha value is -2.68. The Morgan fingerprint density at radius 2 is 2.12 bits per heavy atom. The van der Waals surface area contributed by atoms with Gasteiger partial charge in [-0.25, -0.2) is 4.98 Å². The monoisotopic (exact) mass is 349 g/mol. The molecule has 3 rings (SSSR count). The van der Waals surface area contributed by atoms with Crippen LogP contribution in [0.2, 0.25) is 0 Å². The number of benzene rings is 1. The summed E-state index contributed by atoms with van der Waals surface area (Å²) >= 11 is 1.61. The first-order chi connectivity index (χ1) is 12.2. The molecule has 2 unspecified atom stereocenters. The molecule has 0 aliphatic rings. The van der Waals surface area contributed by atoms with Crippen LogP contribution in [0.25, 0.3) is 0 Å². The van der Waals surface area contributed by atoms with Crippen molar-refractivity contribution in [3.63, 3.8) is 0 Å². The molecule has 0 radical (unpaired) electrons. The summed E-state index contributed by atoms with van der Waals surface area (Å²) in [6.45, 7) is 3.88. The van der Waals surface area contributed by atoms with Gasteiger partial charge < -0.3 is 9.67 Å². The molecule has 2 aromatic heterocycles. The van der Waals surface area contributed by atoms with Crippen molar-refractivity contribution in [2.24, 2.45) is 0 Å². The van der Waals surface area contributed by atoms with E-state index in [4.69, 9.17) is 0 Å². The average Bonchev–Trinajstić information content (AvgIpc) is 3.31. The number of aliphatic hydroxyl groups is 1. The van der Waals surface area contributed by atoms with Crippen LogP contribution < -0.4 is 0 Å². The average molecular weight is 349 g/mol. The van der Waals surface area contributed by atoms with Crippen LogP contribution in [-0.2, 0) is 12.8 Å². The van der Waals surface area contributed by atoms with Crippen molar-refractivity contribution in [2.75, 3.05) is 0 Å². The van der Waals surface area contributed by atoms with Gasteiger partial charge in [0.1, 0.15) is 17.4 Å². The highest BCUT2D eigenvalue weighted by atomic mass is 32.1. The summed E-state index contributed by atoms with van der Waals surface area (Å²) < 4.78 is 1.75. The lowest BCUT2D eigenvalue weighted by molar-refractivity contribution is 0.0336. The van der Waals surface area contributed by atoms with Gasteiger partial charge in [-0.2, -0.15) is 16.6 Å². The molecule has 25 heavy (non-hydrogen) atoms. The fourth-order valence-electron chi connectivity index (χ4n) is 3.04. The first-order valence-corrected chi connectivity index (χ1v) is 8.93. The fourth-order valence-corrected chi connectivity index (χ4v) is 3.72. The summed E-state index contributed by atoms with van der Waals surface area (Å²) in [6.07, 6.45) is 5.71. The highest BCUT2D eigenvalue weighted by Crippen LogP contribution is 2.33. The molecule has 2 heterocycles. The quantitative estimate of drug-likeness (QED) is 0.661. The van der Waals surface area contributed by atoms with Gasteiger partial charge in [-0.1, -0.05) is 36.4 Å². The minimum Gasteiger partial charge on any atom is -0.383 e. The molecule has 3 aromatic rings. The summed E-state index contributed by atoms with van der Waals surface area (Å²) in [5, 5.41) is 24.9. The fraction of sp³-hybridized carbons (Fsp3) is 0.200. The molecule has 2 atom stereocenters. The second-order valence-corrected chi connectivity index (χ2v) is 6.79. The number of aromatic nitrogens is 2. The first-order valence-electron chi connectivity index (χ1n) is 7.99. The summed E-state index contributed by atoms with van der Waals surface area (Å²) in [6, 6.07) is 13.6. The molecular weight excluding hydrogens is 330 g/mol. The van der Waals surface area contributed by atoms with Crippen molar-refractivity contribution >= 4 is 11.3 Å². The van der Waals surface area contributed by atoms with Gasteiger partial charge in [-0.05, 0) is 34.4 Å². The van der Waals surface area contributed by atoms with Gasteiger partial charge in [0.05, 0.1) is 18.6 Å². The van der Waals surface area contributed by atoms with Crippen molar-refractivity contribution in [2.45, 2.75) is 24.5 Å². The second kappa shape index (κ2) is 7.47. The Morgan fingerprint density at radius 3 is 2.76 bits per heavy atom. The minimum atomic E-state index is -1.21. The Bertz CT molecular complexity index is 864. The normalized spacial score (nSPS) is 14.4. The zero-order chi connectivity index (χ0) is 17.7. The van der Waals surface area contributed by atoms with Crippen molar-refractivity contribution in [1.82, 2.24) is 9.55 Å². The molecule has 1 N–H and O–H groups in total. The van der Waals surface area contributed by atoms with Crippen LogP contribution in [0.4, 0.5) is 0 Å². The highest BCUT2D eigenvalue weighted by molar-refractivity contribution is 7.07. The van der Waals surface area contributed by atoms with E-state index in [1.807, 2.05) is 41.8 Å². The van der Waals surface area contributed by atoms with Crippen LogP contribution in [0.5, 0.6) is 0 Å². The third-order valence-corrected chi connectivity index (χ3v) is 5.12. The standard InChI is InChI=1S/C20H19N3OS/c1-2-20(24,11-16-6-4-3-5-7-16)19(10-17-8-9-25-14-17)23-15-22-13-18(23)12-21/h2-9,13-15,19,24H,1,10-11H2. The van der Waals surface area contributed by atoms with Crippen molar-refractivity contribution < 1.29 is 5.11 Å². The number of nitriles is 1. The first kappa shape index (κ1) is 17.2. The van der Waals surface area contributed by atoms with Crippen LogP contribution in [0.15, 0.2) is 72.3 Å². The molecular formula is C20H19N3OS. The smallest absolute Gasteiger partial charge is 0.140 e. The van der Waals surface area contributed by atoms with Crippen LogP contribution in [0.3, 0.4) is 0 Å². The summed E-state index contributed by atoms with van der Waals surface area (Å²) in [5.41, 5.74) is 1.34. The molecule has 1 aromatic carbocycles. The van der Waals surface area contributed by atoms with E-state index in [9.17, 15) is 10.4 Å². The Balaban J connectivity index is 2.01. The molecule has 0 fully saturated rings. The van der Waals surface area contributed by atoms with Gasteiger partial charge in [0.25, 0.3) is 0 Å². The summed E-state index contributed by atoms with van der Waals surface area (Å²) in [4.78, 5) is 4.10. The summed E-state index contributed by atoms with van der Waals surface area (Å²) in [7, 11) is 0. The second-order valence-electron chi connectivity index (χ2n) is 6.01. The number of hydrogen-bond donors (Lipinski definition) is 1. The maximum atomic E-state index is 11.5. The number of thiophene rings is 1. The molecule has 0 bridgehead atoms. The van der Waals surface area contributed by atoms with E-state index in [0.29, 0.717) is 18.5 Å². The zero-order valence-electron chi connectivity index (χ0n) is 13.7. The van der Waals surface area contributed by atoms with E-state index in [0.717, 1.165) is 11.1 Å². The summed E-state index contributed by atoms with van der Waals surface area (Å²) in [5.74, 6) is 0. The zero-order valence-corrected chi connectivity index (χ0v) is 14.6. The van der Waals surface area contributed by atoms with E-state index >= 15 is 0 Å². The molecule has 0 aliphatic carbocycles. The van der Waals surface area contributed by atoms with Crippen molar-refractivity contribution in [3.8, 4) is 6.07 Å². The molecule has 0 amide bonds. The molecule has 0 saturated heterocycles. The van der Waals surface area contributed by atoms with E-state index in [1.54, 1.807) is 28.3 Å². The Morgan fingerprint density at radius 1 is 1.32 bits per heavy atom. The SMILES string of the molecule is C=CC(O)(Cc1ccccc1)C(Cc1ccsc1)n1cncc1C#N. The lowest BCUT2D eigenvalue weighted by Gasteiger charge is -2.35.